The zero-order chi connectivity index (χ0) is 15.3. The Morgan fingerprint density at radius 3 is 2.24 bits per heavy atom. The quantitative estimate of drug-likeness (QED) is 0.914. The predicted octanol–water partition coefficient (Wildman–Crippen LogP) is 3.70. The fraction of sp³-hybridized carbons (Fsp3) is 0.200. The van der Waals surface area contributed by atoms with Crippen LogP contribution in [-0.2, 0) is 0 Å². The summed E-state index contributed by atoms with van der Waals surface area (Å²) in [4.78, 5) is 0. The van der Waals surface area contributed by atoms with Crippen LogP contribution in [0.1, 0.15) is 11.7 Å². The van der Waals surface area contributed by atoms with Gasteiger partial charge in [0, 0.05) is 5.56 Å². The van der Waals surface area contributed by atoms with E-state index in [0.29, 0.717) is 5.75 Å². The van der Waals surface area contributed by atoms with Gasteiger partial charge in [0.15, 0.2) is 0 Å². The second-order valence-electron chi connectivity index (χ2n) is 4.23. The van der Waals surface area contributed by atoms with Gasteiger partial charge in [0.1, 0.15) is 24.2 Å². The highest BCUT2D eigenvalue weighted by atomic mass is 19.4. The SMILES string of the molecule is OC(COc1ccccc1)c1ccccc1OC(F)(F)F. The van der Waals surface area contributed by atoms with Crippen molar-refractivity contribution in [2.75, 3.05) is 6.61 Å². The van der Waals surface area contributed by atoms with Gasteiger partial charge < -0.3 is 14.6 Å². The molecule has 0 radical (unpaired) electrons. The van der Waals surface area contributed by atoms with E-state index in [1.54, 1.807) is 30.3 Å². The fourth-order valence-corrected chi connectivity index (χ4v) is 1.76. The van der Waals surface area contributed by atoms with Crippen LogP contribution in [0.5, 0.6) is 11.5 Å². The number of benzene rings is 2. The van der Waals surface area contributed by atoms with Crippen molar-refractivity contribution in [1.29, 1.82) is 0 Å². The number of aliphatic hydroxyl groups excluding tert-OH is 1. The molecule has 3 nitrogen and oxygen atoms in total. The average molecular weight is 298 g/mol. The van der Waals surface area contributed by atoms with Gasteiger partial charge in [-0.25, -0.2) is 0 Å². The summed E-state index contributed by atoms with van der Waals surface area (Å²) in [6.45, 7) is -0.178. The summed E-state index contributed by atoms with van der Waals surface area (Å²) < 4.78 is 46.1. The van der Waals surface area contributed by atoms with Gasteiger partial charge in [0.25, 0.3) is 0 Å². The van der Waals surface area contributed by atoms with Crippen LogP contribution in [-0.4, -0.2) is 18.1 Å². The molecule has 2 aromatic rings. The highest BCUT2D eigenvalue weighted by molar-refractivity contribution is 5.35. The van der Waals surface area contributed by atoms with Crippen LogP contribution in [0.2, 0.25) is 0 Å². The Labute approximate surface area is 119 Å². The van der Waals surface area contributed by atoms with Gasteiger partial charge in [-0.3, -0.25) is 0 Å². The molecule has 0 heterocycles. The van der Waals surface area contributed by atoms with Crippen molar-refractivity contribution in [3.05, 3.63) is 60.2 Å². The van der Waals surface area contributed by atoms with Gasteiger partial charge in [-0.15, -0.1) is 13.2 Å². The summed E-state index contributed by atoms with van der Waals surface area (Å²) in [6, 6.07) is 14.1. The number of para-hydroxylation sites is 2. The Bertz CT molecular complexity index is 570. The summed E-state index contributed by atoms with van der Waals surface area (Å²) >= 11 is 0. The number of rotatable bonds is 5. The van der Waals surface area contributed by atoms with Crippen LogP contribution in [0.15, 0.2) is 54.6 Å². The molecule has 1 unspecified atom stereocenters. The number of hydrogen-bond acceptors (Lipinski definition) is 3. The van der Waals surface area contributed by atoms with E-state index in [9.17, 15) is 18.3 Å². The molecule has 0 aliphatic carbocycles. The second-order valence-corrected chi connectivity index (χ2v) is 4.23. The molecular weight excluding hydrogens is 285 g/mol. The first kappa shape index (κ1) is 15.2. The van der Waals surface area contributed by atoms with Crippen LogP contribution >= 0.6 is 0 Å². The first-order valence-electron chi connectivity index (χ1n) is 6.16. The van der Waals surface area contributed by atoms with Crippen molar-refractivity contribution in [1.82, 2.24) is 0 Å². The normalized spacial score (nSPS) is 12.8. The molecule has 0 aliphatic rings. The predicted molar refractivity (Wildman–Crippen MR) is 70.0 cm³/mol. The fourth-order valence-electron chi connectivity index (χ4n) is 1.76. The lowest BCUT2D eigenvalue weighted by Crippen LogP contribution is -2.19. The molecule has 2 aromatic carbocycles. The molecule has 112 valence electrons. The molecule has 1 atom stereocenters. The van der Waals surface area contributed by atoms with Crippen LogP contribution in [0.4, 0.5) is 13.2 Å². The Kier molecular flexibility index (Phi) is 4.70. The summed E-state index contributed by atoms with van der Waals surface area (Å²) in [5, 5.41) is 9.99. The lowest BCUT2D eigenvalue weighted by molar-refractivity contribution is -0.275. The molecule has 0 amide bonds. The summed E-state index contributed by atoms with van der Waals surface area (Å²) in [7, 11) is 0. The van der Waals surface area contributed by atoms with Crippen molar-refractivity contribution in [2.45, 2.75) is 12.5 Å². The minimum absolute atomic E-state index is 0.0192. The van der Waals surface area contributed by atoms with Crippen LogP contribution in [0.25, 0.3) is 0 Å². The Morgan fingerprint density at radius 1 is 0.952 bits per heavy atom. The molecule has 0 spiro atoms. The molecule has 1 N–H and O–H groups in total. The average Bonchev–Trinajstić information content (AvgIpc) is 2.45. The molecule has 0 aromatic heterocycles. The van der Waals surface area contributed by atoms with E-state index >= 15 is 0 Å². The maximum absolute atomic E-state index is 12.3. The van der Waals surface area contributed by atoms with Crippen LogP contribution in [0.3, 0.4) is 0 Å². The largest absolute Gasteiger partial charge is 0.573 e. The third kappa shape index (κ3) is 4.68. The molecule has 0 fully saturated rings. The highest BCUT2D eigenvalue weighted by Gasteiger charge is 2.32. The molecule has 0 aliphatic heterocycles. The highest BCUT2D eigenvalue weighted by Crippen LogP contribution is 2.30. The Balaban J connectivity index is 2.07. The van der Waals surface area contributed by atoms with E-state index in [2.05, 4.69) is 4.74 Å². The topological polar surface area (TPSA) is 38.7 Å². The van der Waals surface area contributed by atoms with Gasteiger partial charge in [0.05, 0.1) is 0 Å². The van der Waals surface area contributed by atoms with Crippen LogP contribution in [0, 0.1) is 0 Å². The minimum atomic E-state index is -4.81. The van der Waals surface area contributed by atoms with Crippen molar-refractivity contribution >= 4 is 0 Å². The third-order valence-corrected chi connectivity index (χ3v) is 2.65. The van der Waals surface area contributed by atoms with E-state index < -0.39 is 18.2 Å². The van der Waals surface area contributed by atoms with Gasteiger partial charge in [-0.2, -0.15) is 0 Å². The van der Waals surface area contributed by atoms with E-state index in [1.807, 2.05) is 0 Å². The Hall–Kier alpha value is -2.21. The van der Waals surface area contributed by atoms with Gasteiger partial charge >= 0.3 is 6.36 Å². The van der Waals surface area contributed by atoms with Gasteiger partial charge in [0.2, 0.25) is 0 Å². The van der Waals surface area contributed by atoms with Crippen molar-refractivity contribution in [2.24, 2.45) is 0 Å². The first-order chi connectivity index (χ1) is 9.96. The summed E-state index contributed by atoms with van der Waals surface area (Å²) in [5.74, 6) is 0.0833. The first-order valence-corrected chi connectivity index (χ1v) is 6.16. The maximum Gasteiger partial charge on any atom is 0.573 e. The molecular formula is C15H13F3O3. The van der Waals surface area contributed by atoms with Gasteiger partial charge in [-0.1, -0.05) is 36.4 Å². The number of aliphatic hydroxyl groups is 1. The van der Waals surface area contributed by atoms with Crippen molar-refractivity contribution in [3.8, 4) is 11.5 Å². The number of alkyl halides is 3. The molecule has 0 bridgehead atoms. The molecule has 0 saturated carbocycles. The van der Waals surface area contributed by atoms with E-state index in [-0.39, 0.29) is 12.2 Å². The van der Waals surface area contributed by atoms with E-state index in [1.165, 1.54) is 18.2 Å². The summed E-state index contributed by atoms with van der Waals surface area (Å²) in [6.07, 6.45) is -6.04. The van der Waals surface area contributed by atoms with Gasteiger partial charge in [-0.05, 0) is 18.2 Å². The van der Waals surface area contributed by atoms with E-state index in [0.717, 1.165) is 6.07 Å². The molecule has 2 rings (SSSR count). The maximum atomic E-state index is 12.3. The minimum Gasteiger partial charge on any atom is -0.491 e. The lowest BCUT2D eigenvalue weighted by Gasteiger charge is -2.17. The van der Waals surface area contributed by atoms with Crippen molar-refractivity contribution in [3.63, 3.8) is 0 Å². The smallest absolute Gasteiger partial charge is 0.491 e. The lowest BCUT2D eigenvalue weighted by atomic mass is 10.1. The monoisotopic (exact) mass is 298 g/mol. The number of hydrogen-bond donors (Lipinski definition) is 1. The van der Waals surface area contributed by atoms with Crippen molar-refractivity contribution < 1.29 is 27.8 Å². The molecule has 6 heteroatoms. The zero-order valence-corrected chi connectivity index (χ0v) is 10.9. The number of ether oxygens (including phenoxy) is 2. The van der Waals surface area contributed by atoms with E-state index in [4.69, 9.17) is 4.74 Å². The standard InChI is InChI=1S/C15H13F3O3/c16-15(17,18)21-14-9-5-4-8-12(14)13(19)10-20-11-6-2-1-3-7-11/h1-9,13,19H,10H2. The Morgan fingerprint density at radius 2 is 1.57 bits per heavy atom. The number of halogens is 3. The van der Waals surface area contributed by atoms with Crippen LogP contribution < -0.4 is 9.47 Å². The molecule has 0 saturated heterocycles. The second kappa shape index (κ2) is 6.49. The zero-order valence-electron chi connectivity index (χ0n) is 10.9. The third-order valence-electron chi connectivity index (χ3n) is 2.65. The summed E-state index contributed by atoms with van der Waals surface area (Å²) in [5.41, 5.74) is 0.0192. The molecule has 21 heavy (non-hydrogen) atoms.